The first kappa shape index (κ1) is 13.4. The molecule has 0 aliphatic carbocycles. The number of nitrogens with one attached hydrogen (secondary N) is 2. The third kappa shape index (κ3) is 4.01. The number of H-pyrrole nitrogens is 1. The SMILES string of the molecule is O=C(Cc1nn[nH]n1)N/N=C\c1ccc(Cl)cc1Cl. The minimum Gasteiger partial charge on any atom is -0.273 e. The Balaban J connectivity index is 1.91. The lowest BCUT2D eigenvalue weighted by Crippen LogP contribution is -2.20. The van der Waals surface area contributed by atoms with E-state index in [1.165, 1.54) is 6.21 Å². The van der Waals surface area contributed by atoms with Crippen LogP contribution in [0.3, 0.4) is 0 Å². The molecule has 0 atom stereocenters. The molecule has 9 heteroatoms. The van der Waals surface area contributed by atoms with Crippen molar-refractivity contribution in [3.63, 3.8) is 0 Å². The third-order valence-electron chi connectivity index (χ3n) is 2.06. The number of hydrogen-bond acceptors (Lipinski definition) is 5. The predicted octanol–water partition coefficient (Wildman–Crippen LogP) is 1.20. The summed E-state index contributed by atoms with van der Waals surface area (Å²) in [5.41, 5.74) is 2.97. The van der Waals surface area contributed by atoms with Crippen LogP contribution in [0, 0.1) is 0 Å². The Bertz CT molecular complexity index is 598. The zero-order valence-electron chi connectivity index (χ0n) is 9.47. The number of amides is 1. The highest BCUT2D eigenvalue weighted by atomic mass is 35.5. The molecule has 0 saturated heterocycles. The molecule has 0 aliphatic heterocycles. The van der Waals surface area contributed by atoms with Crippen LogP contribution in [0.15, 0.2) is 23.3 Å². The van der Waals surface area contributed by atoms with Crippen LogP contribution in [-0.2, 0) is 11.2 Å². The zero-order chi connectivity index (χ0) is 13.7. The van der Waals surface area contributed by atoms with E-state index >= 15 is 0 Å². The number of nitrogens with zero attached hydrogens (tertiary/aromatic N) is 4. The van der Waals surface area contributed by atoms with Crippen molar-refractivity contribution in [3.8, 4) is 0 Å². The molecule has 0 fully saturated rings. The van der Waals surface area contributed by atoms with E-state index in [4.69, 9.17) is 23.2 Å². The van der Waals surface area contributed by atoms with Gasteiger partial charge in [-0.1, -0.05) is 34.5 Å². The van der Waals surface area contributed by atoms with E-state index < -0.39 is 0 Å². The van der Waals surface area contributed by atoms with Crippen molar-refractivity contribution in [2.24, 2.45) is 5.10 Å². The Morgan fingerprint density at radius 3 is 3.00 bits per heavy atom. The number of hydrogen-bond donors (Lipinski definition) is 2. The average Bonchev–Trinajstić information content (AvgIpc) is 2.84. The maximum Gasteiger partial charge on any atom is 0.247 e. The Morgan fingerprint density at radius 1 is 1.47 bits per heavy atom. The molecule has 2 aromatic rings. The summed E-state index contributed by atoms with van der Waals surface area (Å²) in [4.78, 5) is 11.4. The summed E-state index contributed by atoms with van der Waals surface area (Å²) in [6.45, 7) is 0. The molecule has 0 bridgehead atoms. The highest BCUT2D eigenvalue weighted by molar-refractivity contribution is 6.36. The van der Waals surface area contributed by atoms with Gasteiger partial charge in [0.2, 0.25) is 5.91 Å². The monoisotopic (exact) mass is 298 g/mol. The molecule has 7 nitrogen and oxygen atoms in total. The van der Waals surface area contributed by atoms with E-state index in [0.29, 0.717) is 15.6 Å². The van der Waals surface area contributed by atoms with Crippen LogP contribution in [0.5, 0.6) is 0 Å². The van der Waals surface area contributed by atoms with Crippen molar-refractivity contribution >= 4 is 35.3 Å². The van der Waals surface area contributed by atoms with E-state index in [0.717, 1.165) is 0 Å². The molecule has 1 amide bonds. The zero-order valence-corrected chi connectivity index (χ0v) is 11.0. The second-order valence-corrected chi connectivity index (χ2v) is 4.31. The van der Waals surface area contributed by atoms with Gasteiger partial charge in [0, 0.05) is 10.6 Å². The summed E-state index contributed by atoms with van der Waals surface area (Å²) in [5.74, 6) is -0.0695. The van der Waals surface area contributed by atoms with Gasteiger partial charge < -0.3 is 0 Å². The average molecular weight is 299 g/mol. The van der Waals surface area contributed by atoms with Gasteiger partial charge in [-0.05, 0) is 12.1 Å². The van der Waals surface area contributed by atoms with Crippen LogP contribution in [0.1, 0.15) is 11.4 Å². The number of aromatic amines is 1. The first-order chi connectivity index (χ1) is 9.15. The van der Waals surface area contributed by atoms with Crippen molar-refractivity contribution in [2.45, 2.75) is 6.42 Å². The number of tetrazole rings is 1. The largest absolute Gasteiger partial charge is 0.273 e. The maximum atomic E-state index is 11.4. The minimum absolute atomic E-state index is 0.0117. The smallest absolute Gasteiger partial charge is 0.247 e. The Hall–Kier alpha value is -1.99. The second kappa shape index (κ2) is 6.26. The van der Waals surface area contributed by atoms with Crippen molar-refractivity contribution in [2.75, 3.05) is 0 Å². The number of halogens is 2. The molecule has 2 rings (SSSR count). The maximum absolute atomic E-state index is 11.4. The van der Waals surface area contributed by atoms with Gasteiger partial charge in [0.05, 0.1) is 17.7 Å². The summed E-state index contributed by atoms with van der Waals surface area (Å²) in [6, 6.07) is 4.96. The van der Waals surface area contributed by atoms with E-state index in [1.54, 1.807) is 18.2 Å². The first-order valence-corrected chi connectivity index (χ1v) is 5.90. The number of aromatic nitrogens is 4. The van der Waals surface area contributed by atoms with Crippen molar-refractivity contribution in [3.05, 3.63) is 39.6 Å². The van der Waals surface area contributed by atoms with Gasteiger partial charge in [-0.3, -0.25) is 4.79 Å². The van der Waals surface area contributed by atoms with Crippen LogP contribution in [0.2, 0.25) is 10.0 Å². The molecule has 1 heterocycles. The van der Waals surface area contributed by atoms with E-state index in [-0.39, 0.29) is 18.2 Å². The quantitative estimate of drug-likeness (QED) is 0.655. The lowest BCUT2D eigenvalue weighted by Gasteiger charge is -1.99. The molecule has 2 N–H and O–H groups in total. The highest BCUT2D eigenvalue weighted by Gasteiger charge is 2.05. The molecule has 0 saturated carbocycles. The number of rotatable bonds is 4. The predicted molar refractivity (Wildman–Crippen MR) is 70.1 cm³/mol. The lowest BCUT2D eigenvalue weighted by atomic mass is 10.2. The van der Waals surface area contributed by atoms with Crippen LogP contribution < -0.4 is 5.43 Å². The molecule has 1 aromatic heterocycles. The topological polar surface area (TPSA) is 95.9 Å². The molecular formula is C10H8Cl2N6O. The normalized spacial score (nSPS) is 10.8. The first-order valence-electron chi connectivity index (χ1n) is 5.14. The minimum atomic E-state index is -0.359. The summed E-state index contributed by atoms with van der Waals surface area (Å²) in [5, 5.41) is 17.6. The Kier molecular flexibility index (Phi) is 4.43. The molecule has 0 aliphatic rings. The van der Waals surface area contributed by atoms with Gasteiger partial charge in [0.15, 0.2) is 5.82 Å². The van der Waals surface area contributed by atoms with Crippen molar-refractivity contribution in [1.82, 2.24) is 26.0 Å². The van der Waals surface area contributed by atoms with Gasteiger partial charge in [-0.25, -0.2) is 5.43 Å². The fourth-order valence-corrected chi connectivity index (χ4v) is 1.68. The summed E-state index contributed by atoms with van der Waals surface area (Å²) >= 11 is 11.7. The van der Waals surface area contributed by atoms with Crippen molar-refractivity contribution in [1.29, 1.82) is 0 Å². The summed E-state index contributed by atoms with van der Waals surface area (Å²) < 4.78 is 0. The molecule has 19 heavy (non-hydrogen) atoms. The van der Waals surface area contributed by atoms with E-state index in [2.05, 4.69) is 31.2 Å². The fraction of sp³-hybridized carbons (Fsp3) is 0.100. The number of carbonyl (C=O) groups excluding carboxylic acids is 1. The molecular weight excluding hydrogens is 291 g/mol. The fourth-order valence-electron chi connectivity index (χ4n) is 1.22. The Morgan fingerprint density at radius 2 is 2.32 bits per heavy atom. The third-order valence-corrected chi connectivity index (χ3v) is 2.63. The van der Waals surface area contributed by atoms with Gasteiger partial charge in [-0.15, -0.1) is 10.2 Å². The van der Waals surface area contributed by atoms with Gasteiger partial charge in [0.25, 0.3) is 0 Å². The molecule has 1 aromatic carbocycles. The summed E-state index contributed by atoms with van der Waals surface area (Å²) in [6.07, 6.45) is 1.41. The lowest BCUT2D eigenvalue weighted by molar-refractivity contribution is -0.120. The van der Waals surface area contributed by atoms with Gasteiger partial charge in [0.1, 0.15) is 0 Å². The van der Waals surface area contributed by atoms with Crippen LogP contribution in [0.25, 0.3) is 0 Å². The number of carbonyl (C=O) groups is 1. The number of hydrazone groups is 1. The highest BCUT2D eigenvalue weighted by Crippen LogP contribution is 2.19. The summed E-state index contributed by atoms with van der Waals surface area (Å²) in [7, 11) is 0. The van der Waals surface area contributed by atoms with Crippen molar-refractivity contribution < 1.29 is 4.79 Å². The molecule has 0 unspecified atom stereocenters. The van der Waals surface area contributed by atoms with E-state index in [1.807, 2.05) is 0 Å². The van der Waals surface area contributed by atoms with Gasteiger partial charge in [-0.2, -0.15) is 10.3 Å². The number of benzene rings is 1. The Labute approximate surface area is 118 Å². The standard InChI is InChI=1S/C10H8Cl2N6O/c11-7-2-1-6(8(12)3-7)5-13-16-10(19)4-9-14-17-18-15-9/h1-3,5H,4H2,(H,16,19)(H,14,15,17,18)/b13-5-. The molecule has 0 radical (unpaired) electrons. The molecule has 98 valence electrons. The molecule has 0 spiro atoms. The van der Waals surface area contributed by atoms with Crippen LogP contribution in [-0.4, -0.2) is 32.7 Å². The van der Waals surface area contributed by atoms with Gasteiger partial charge >= 0.3 is 0 Å². The second-order valence-electron chi connectivity index (χ2n) is 3.46. The van der Waals surface area contributed by atoms with E-state index in [9.17, 15) is 4.79 Å². The van der Waals surface area contributed by atoms with Crippen LogP contribution in [0.4, 0.5) is 0 Å². The van der Waals surface area contributed by atoms with Crippen LogP contribution >= 0.6 is 23.2 Å².